The van der Waals surface area contributed by atoms with Crippen LogP contribution >= 0.6 is 24.0 Å². The Balaban J connectivity index is 0.00000220. The van der Waals surface area contributed by atoms with Gasteiger partial charge < -0.3 is 10.5 Å². The Labute approximate surface area is 135 Å². The summed E-state index contributed by atoms with van der Waals surface area (Å²) in [6.45, 7) is 0. The fraction of sp³-hybridized carbons (Fsp3) is 0.188. The van der Waals surface area contributed by atoms with Gasteiger partial charge in [-0.15, -0.1) is 12.4 Å². The molecule has 0 unspecified atom stereocenters. The summed E-state index contributed by atoms with van der Waals surface area (Å²) in [5, 5.41) is 0.708. The van der Waals surface area contributed by atoms with Crippen LogP contribution in [0.4, 0.5) is 0 Å². The lowest BCUT2D eigenvalue weighted by atomic mass is 10.0. The lowest BCUT2D eigenvalue weighted by Crippen LogP contribution is -2.33. The number of ether oxygens (including phenoxy) is 1. The van der Waals surface area contributed by atoms with E-state index in [9.17, 15) is 4.79 Å². The van der Waals surface area contributed by atoms with Crippen molar-refractivity contribution in [1.29, 1.82) is 0 Å². The van der Waals surface area contributed by atoms with Crippen molar-refractivity contribution in [3.8, 4) is 11.1 Å². The molecule has 5 heteroatoms. The smallest absolute Gasteiger partial charge is 0.322 e. The lowest BCUT2D eigenvalue weighted by molar-refractivity contribution is -0.142. The van der Waals surface area contributed by atoms with Crippen LogP contribution in [0.15, 0.2) is 48.5 Å². The summed E-state index contributed by atoms with van der Waals surface area (Å²) in [5.74, 6) is -0.399. The van der Waals surface area contributed by atoms with E-state index in [0.717, 1.165) is 16.7 Å². The molecule has 2 aromatic rings. The van der Waals surface area contributed by atoms with Gasteiger partial charge in [0.05, 0.1) is 7.11 Å². The lowest BCUT2D eigenvalue weighted by Gasteiger charge is -2.10. The molecule has 2 aromatic carbocycles. The summed E-state index contributed by atoms with van der Waals surface area (Å²) >= 11 is 5.98. The van der Waals surface area contributed by atoms with Gasteiger partial charge in [-0.2, -0.15) is 0 Å². The standard InChI is InChI=1S/C16H16ClNO2.ClH/c1-20-16(19)15(18)9-11-5-7-12(8-6-11)13-3-2-4-14(17)10-13;/h2-8,10,15H,9,18H2,1H3;1H/t15-;/m0./s1. The minimum absolute atomic E-state index is 0. The molecule has 0 radical (unpaired) electrons. The van der Waals surface area contributed by atoms with Crippen molar-refractivity contribution in [2.24, 2.45) is 5.73 Å². The molecule has 0 fully saturated rings. The third-order valence-electron chi connectivity index (χ3n) is 3.07. The molecule has 0 amide bonds. The molecule has 0 spiro atoms. The first-order valence-corrected chi connectivity index (χ1v) is 6.66. The zero-order valence-electron chi connectivity index (χ0n) is 11.6. The molecular weight excluding hydrogens is 309 g/mol. The number of nitrogens with two attached hydrogens (primary N) is 1. The number of halogens is 2. The Kier molecular flexibility index (Phi) is 6.69. The maximum absolute atomic E-state index is 11.3. The van der Waals surface area contributed by atoms with E-state index in [2.05, 4.69) is 4.74 Å². The molecule has 112 valence electrons. The first-order valence-electron chi connectivity index (χ1n) is 6.28. The van der Waals surface area contributed by atoms with Crippen LogP contribution in [0, 0.1) is 0 Å². The fourth-order valence-electron chi connectivity index (χ4n) is 1.99. The normalized spacial score (nSPS) is 11.4. The van der Waals surface area contributed by atoms with Crippen LogP contribution in [0.25, 0.3) is 11.1 Å². The molecule has 2 rings (SSSR count). The van der Waals surface area contributed by atoms with Crippen LogP contribution in [0.5, 0.6) is 0 Å². The third-order valence-corrected chi connectivity index (χ3v) is 3.31. The Morgan fingerprint density at radius 1 is 1.19 bits per heavy atom. The summed E-state index contributed by atoms with van der Waals surface area (Å²) in [6, 6.07) is 14.9. The molecule has 3 nitrogen and oxygen atoms in total. The zero-order valence-corrected chi connectivity index (χ0v) is 13.2. The minimum atomic E-state index is -0.628. The number of benzene rings is 2. The number of hydrogen-bond acceptors (Lipinski definition) is 3. The Morgan fingerprint density at radius 2 is 1.86 bits per heavy atom. The van der Waals surface area contributed by atoms with Crippen LogP contribution in [0.2, 0.25) is 5.02 Å². The van der Waals surface area contributed by atoms with Gasteiger partial charge in [0, 0.05) is 5.02 Å². The van der Waals surface area contributed by atoms with Crippen LogP contribution in [0.1, 0.15) is 5.56 Å². The van der Waals surface area contributed by atoms with E-state index in [0.29, 0.717) is 11.4 Å². The Morgan fingerprint density at radius 3 is 2.43 bits per heavy atom. The number of methoxy groups -OCH3 is 1. The monoisotopic (exact) mass is 325 g/mol. The van der Waals surface area contributed by atoms with Gasteiger partial charge in [-0.25, -0.2) is 0 Å². The highest BCUT2D eigenvalue weighted by atomic mass is 35.5. The zero-order chi connectivity index (χ0) is 14.5. The highest BCUT2D eigenvalue weighted by Crippen LogP contribution is 2.23. The quantitative estimate of drug-likeness (QED) is 0.875. The van der Waals surface area contributed by atoms with Crippen molar-refractivity contribution in [2.45, 2.75) is 12.5 Å². The minimum Gasteiger partial charge on any atom is -0.468 e. The number of esters is 1. The van der Waals surface area contributed by atoms with Crippen molar-refractivity contribution in [2.75, 3.05) is 7.11 Å². The molecule has 0 saturated carbocycles. The maximum atomic E-state index is 11.3. The predicted molar refractivity (Wildman–Crippen MR) is 87.8 cm³/mol. The van der Waals surface area contributed by atoms with Gasteiger partial charge in [0.25, 0.3) is 0 Å². The van der Waals surface area contributed by atoms with Gasteiger partial charge in [-0.1, -0.05) is 48.0 Å². The van der Waals surface area contributed by atoms with Crippen molar-refractivity contribution >= 4 is 30.0 Å². The van der Waals surface area contributed by atoms with E-state index in [1.807, 2.05) is 48.5 Å². The number of carbonyl (C=O) groups excluding carboxylic acids is 1. The van der Waals surface area contributed by atoms with Gasteiger partial charge >= 0.3 is 5.97 Å². The Hall–Kier alpha value is -1.55. The summed E-state index contributed by atoms with van der Waals surface area (Å²) < 4.78 is 4.61. The molecule has 0 bridgehead atoms. The molecule has 0 aliphatic heterocycles. The average Bonchev–Trinajstić information content (AvgIpc) is 2.47. The number of rotatable bonds is 4. The second kappa shape index (κ2) is 8.03. The fourth-order valence-corrected chi connectivity index (χ4v) is 2.18. The molecule has 0 saturated heterocycles. The van der Waals surface area contributed by atoms with E-state index in [1.54, 1.807) is 0 Å². The van der Waals surface area contributed by atoms with E-state index in [-0.39, 0.29) is 12.4 Å². The van der Waals surface area contributed by atoms with Crippen molar-refractivity contribution in [3.63, 3.8) is 0 Å². The number of carbonyl (C=O) groups is 1. The highest BCUT2D eigenvalue weighted by molar-refractivity contribution is 6.30. The molecule has 0 aromatic heterocycles. The first kappa shape index (κ1) is 17.5. The molecule has 0 aliphatic carbocycles. The van der Waals surface area contributed by atoms with Crippen molar-refractivity contribution < 1.29 is 9.53 Å². The van der Waals surface area contributed by atoms with E-state index in [1.165, 1.54) is 7.11 Å². The Bertz CT molecular complexity index is 599. The van der Waals surface area contributed by atoms with E-state index in [4.69, 9.17) is 17.3 Å². The molecule has 0 aliphatic rings. The molecule has 21 heavy (non-hydrogen) atoms. The van der Waals surface area contributed by atoms with Gasteiger partial charge in [0.2, 0.25) is 0 Å². The second-order valence-electron chi connectivity index (χ2n) is 4.54. The summed E-state index contributed by atoms with van der Waals surface area (Å²) in [4.78, 5) is 11.3. The maximum Gasteiger partial charge on any atom is 0.322 e. The summed E-state index contributed by atoms with van der Waals surface area (Å²) in [7, 11) is 1.34. The largest absolute Gasteiger partial charge is 0.468 e. The second-order valence-corrected chi connectivity index (χ2v) is 4.98. The topological polar surface area (TPSA) is 52.3 Å². The summed E-state index contributed by atoms with van der Waals surface area (Å²) in [6.07, 6.45) is 0.461. The van der Waals surface area contributed by atoms with E-state index < -0.39 is 12.0 Å². The van der Waals surface area contributed by atoms with E-state index >= 15 is 0 Å². The number of hydrogen-bond donors (Lipinski definition) is 1. The average molecular weight is 326 g/mol. The highest BCUT2D eigenvalue weighted by Gasteiger charge is 2.14. The van der Waals surface area contributed by atoms with Crippen LogP contribution < -0.4 is 5.73 Å². The van der Waals surface area contributed by atoms with Gasteiger partial charge in [-0.05, 0) is 35.2 Å². The van der Waals surface area contributed by atoms with Crippen LogP contribution in [0.3, 0.4) is 0 Å². The third kappa shape index (κ3) is 4.74. The molecule has 2 N–H and O–H groups in total. The molecule has 1 atom stereocenters. The van der Waals surface area contributed by atoms with Crippen molar-refractivity contribution in [1.82, 2.24) is 0 Å². The molecular formula is C16H17Cl2NO2. The first-order chi connectivity index (χ1) is 9.60. The van der Waals surface area contributed by atoms with Crippen molar-refractivity contribution in [3.05, 3.63) is 59.1 Å². The summed E-state index contributed by atoms with van der Waals surface area (Å²) in [5.41, 5.74) is 8.86. The van der Waals surface area contributed by atoms with Gasteiger partial charge in [0.15, 0.2) is 0 Å². The van der Waals surface area contributed by atoms with Gasteiger partial charge in [-0.3, -0.25) is 4.79 Å². The molecule has 0 heterocycles. The van der Waals surface area contributed by atoms with Crippen LogP contribution in [-0.4, -0.2) is 19.1 Å². The van der Waals surface area contributed by atoms with Gasteiger partial charge in [0.1, 0.15) is 6.04 Å². The predicted octanol–water partition coefficient (Wildman–Crippen LogP) is 3.47. The van der Waals surface area contributed by atoms with Crippen LogP contribution in [-0.2, 0) is 16.0 Å². The SMILES string of the molecule is COC(=O)[C@@H](N)Cc1ccc(-c2cccc(Cl)c2)cc1.Cl.